The van der Waals surface area contributed by atoms with Crippen LogP contribution in [0.1, 0.15) is 32.4 Å². The van der Waals surface area contributed by atoms with Crippen molar-refractivity contribution in [3.05, 3.63) is 41.7 Å². The average Bonchev–Trinajstić information content (AvgIpc) is 2.25. The van der Waals surface area contributed by atoms with Crippen molar-refractivity contribution < 1.29 is 4.39 Å². The van der Waals surface area contributed by atoms with Crippen molar-refractivity contribution in [1.29, 1.82) is 0 Å². The summed E-state index contributed by atoms with van der Waals surface area (Å²) < 4.78 is 14.0. The molecule has 2 N–H and O–H groups in total. The van der Waals surface area contributed by atoms with Crippen LogP contribution in [0.15, 0.2) is 30.4 Å². The minimum Gasteiger partial charge on any atom is -0.365 e. The Hall–Kier alpha value is -1.35. The first-order valence-electron chi connectivity index (χ1n) is 5.90. The summed E-state index contributed by atoms with van der Waals surface area (Å²) >= 11 is 0. The molecule has 0 saturated heterocycles. The second kappa shape index (κ2) is 5.82. The highest BCUT2D eigenvalue weighted by atomic mass is 19.1. The Morgan fingerprint density at radius 2 is 2.18 bits per heavy atom. The molecule has 0 spiro atoms. The molecule has 1 aromatic rings. The molecule has 94 valence electrons. The van der Waals surface area contributed by atoms with E-state index in [2.05, 4.69) is 6.58 Å². The average molecular weight is 236 g/mol. The van der Waals surface area contributed by atoms with Gasteiger partial charge in [0.1, 0.15) is 5.82 Å². The minimum atomic E-state index is -0.220. The van der Waals surface area contributed by atoms with Crippen molar-refractivity contribution in [3.63, 3.8) is 0 Å². The molecule has 0 fully saturated rings. The lowest BCUT2D eigenvalue weighted by molar-refractivity contribution is 0.614. The summed E-state index contributed by atoms with van der Waals surface area (Å²) in [6.07, 6.45) is 0. The van der Waals surface area contributed by atoms with E-state index >= 15 is 0 Å². The molecule has 0 radical (unpaired) electrons. The highest BCUT2D eigenvalue weighted by molar-refractivity contribution is 5.56. The molecular weight excluding hydrogens is 215 g/mol. The second-order valence-corrected chi connectivity index (χ2v) is 4.44. The van der Waals surface area contributed by atoms with Gasteiger partial charge in [0.15, 0.2) is 0 Å². The van der Waals surface area contributed by atoms with Crippen LogP contribution in [0.2, 0.25) is 0 Å². The first-order valence-corrected chi connectivity index (χ1v) is 5.90. The molecule has 0 aliphatic heterocycles. The normalized spacial score (nSPS) is 12.3. The molecule has 2 nitrogen and oxygen atoms in total. The third-order valence-corrected chi connectivity index (χ3v) is 2.67. The monoisotopic (exact) mass is 236 g/mol. The Morgan fingerprint density at radius 1 is 1.53 bits per heavy atom. The Morgan fingerprint density at radius 3 is 2.65 bits per heavy atom. The minimum absolute atomic E-state index is 0.181. The molecule has 1 rings (SSSR count). The quantitative estimate of drug-likeness (QED) is 0.795. The van der Waals surface area contributed by atoms with Crippen molar-refractivity contribution in [1.82, 2.24) is 0 Å². The van der Waals surface area contributed by atoms with Gasteiger partial charge in [0, 0.05) is 19.1 Å². The molecule has 1 atom stereocenters. The van der Waals surface area contributed by atoms with Crippen molar-refractivity contribution in [2.45, 2.75) is 26.8 Å². The fourth-order valence-corrected chi connectivity index (χ4v) is 1.91. The van der Waals surface area contributed by atoms with Gasteiger partial charge in [0.25, 0.3) is 0 Å². The van der Waals surface area contributed by atoms with Crippen LogP contribution in [-0.2, 0) is 0 Å². The fourth-order valence-electron chi connectivity index (χ4n) is 1.91. The second-order valence-electron chi connectivity index (χ2n) is 4.44. The Bertz CT molecular complexity index is 399. The van der Waals surface area contributed by atoms with Gasteiger partial charge in [-0.15, -0.1) is 0 Å². The molecule has 0 aliphatic carbocycles. The van der Waals surface area contributed by atoms with Gasteiger partial charge >= 0.3 is 0 Å². The highest BCUT2D eigenvalue weighted by Crippen LogP contribution is 2.28. The van der Waals surface area contributed by atoms with E-state index in [-0.39, 0.29) is 11.9 Å². The van der Waals surface area contributed by atoms with Crippen LogP contribution in [0.4, 0.5) is 10.1 Å². The topological polar surface area (TPSA) is 29.3 Å². The van der Waals surface area contributed by atoms with E-state index in [4.69, 9.17) is 5.73 Å². The van der Waals surface area contributed by atoms with Crippen LogP contribution in [0.3, 0.4) is 0 Å². The summed E-state index contributed by atoms with van der Waals surface area (Å²) in [4.78, 5) is 1.97. The third kappa shape index (κ3) is 3.30. The molecule has 0 saturated carbocycles. The van der Waals surface area contributed by atoms with E-state index in [1.54, 1.807) is 6.07 Å². The number of hydrogen-bond donors (Lipinski definition) is 1. The number of halogens is 1. The first kappa shape index (κ1) is 13.7. The fraction of sp³-hybridized carbons (Fsp3) is 0.429. The van der Waals surface area contributed by atoms with Crippen LogP contribution >= 0.6 is 0 Å². The van der Waals surface area contributed by atoms with Gasteiger partial charge in [-0.25, -0.2) is 4.39 Å². The van der Waals surface area contributed by atoms with Crippen molar-refractivity contribution >= 4 is 5.69 Å². The van der Waals surface area contributed by atoms with Crippen molar-refractivity contribution in [2.75, 3.05) is 18.0 Å². The smallest absolute Gasteiger partial charge is 0.146 e. The maximum atomic E-state index is 14.0. The number of likely N-dealkylation sites (N-methyl/N-ethyl adjacent to an activating group) is 1. The summed E-state index contributed by atoms with van der Waals surface area (Å²) in [5.41, 5.74) is 8.34. The number of anilines is 1. The van der Waals surface area contributed by atoms with Crippen LogP contribution < -0.4 is 10.6 Å². The maximum absolute atomic E-state index is 14.0. The molecule has 0 amide bonds. The molecule has 17 heavy (non-hydrogen) atoms. The Labute approximate surface area is 103 Å². The van der Waals surface area contributed by atoms with Gasteiger partial charge in [0.2, 0.25) is 0 Å². The SMILES string of the molecule is C=C(C)CN(CC)c1c(F)cccc1C(C)N. The zero-order valence-electron chi connectivity index (χ0n) is 10.8. The Kier molecular flexibility index (Phi) is 4.70. The van der Waals surface area contributed by atoms with Crippen LogP contribution in [-0.4, -0.2) is 13.1 Å². The predicted molar refractivity (Wildman–Crippen MR) is 71.7 cm³/mol. The number of rotatable bonds is 5. The predicted octanol–water partition coefficient (Wildman–Crippen LogP) is 3.25. The Balaban J connectivity index is 3.20. The van der Waals surface area contributed by atoms with Gasteiger partial charge in [-0.1, -0.05) is 24.3 Å². The lowest BCUT2D eigenvalue weighted by Crippen LogP contribution is -2.27. The summed E-state index contributed by atoms with van der Waals surface area (Å²) in [5.74, 6) is -0.220. The molecule has 0 aliphatic rings. The molecule has 3 heteroatoms. The number of hydrogen-bond acceptors (Lipinski definition) is 2. The maximum Gasteiger partial charge on any atom is 0.146 e. The lowest BCUT2D eigenvalue weighted by atomic mass is 10.0. The zero-order chi connectivity index (χ0) is 13.0. The van der Waals surface area contributed by atoms with Gasteiger partial charge in [0.05, 0.1) is 5.69 Å². The molecule has 0 aromatic heterocycles. The van der Waals surface area contributed by atoms with Gasteiger partial charge in [-0.3, -0.25) is 0 Å². The van der Waals surface area contributed by atoms with E-state index < -0.39 is 0 Å². The third-order valence-electron chi connectivity index (χ3n) is 2.67. The number of para-hydroxylation sites is 1. The number of nitrogens with zero attached hydrogens (tertiary/aromatic N) is 1. The van der Waals surface area contributed by atoms with E-state index in [0.717, 1.165) is 17.7 Å². The van der Waals surface area contributed by atoms with E-state index in [9.17, 15) is 4.39 Å². The zero-order valence-corrected chi connectivity index (χ0v) is 10.8. The van der Waals surface area contributed by atoms with Gasteiger partial charge in [-0.2, -0.15) is 0 Å². The summed E-state index contributed by atoms with van der Waals surface area (Å²) in [6, 6.07) is 4.87. The van der Waals surface area contributed by atoms with Crippen LogP contribution in [0.25, 0.3) is 0 Å². The van der Waals surface area contributed by atoms with E-state index in [1.807, 2.05) is 31.7 Å². The van der Waals surface area contributed by atoms with Crippen LogP contribution in [0.5, 0.6) is 0 Å². The van der Waals surface area contributed by atoms with Crippen molar-refractivity contribution in [2.24, 2.45) is 5.73 Å². The highest BCUT2D eigenvalue weighted by Gasteiger charge is 2.16. The molecule has 1 aromatic carbocycles. The largest absolute Gasteiger partial charge is 0.365 e. The first-order chi connectivity index (χ1) is 7.97. The number of benzene rings is 1. The molecule has 0 bridgehead atoms. The summed E-state index contributed by atoms with van der Waals surface area (Å²) in [7, 11) is 0. The number of nitrogens with two attached hydrogens (primary N) is 1. The molecule has 1 unspecified atom stereocenters. The van der Waals surface area contributed by atoms with E-state index in [1.165, 1.54) is 6.07 Å². The summed E-state index contributed by atoms with van der Waals surface area (Å²) in [5, 5.41) is 0. The van der Waals surface area contributed by atoms with Gasteiger partial charge < -0.3 is 10.6 Å². The van der Waals surface area contributed by atoms with Crippen molar-refractivity contribution in [3.8, 4) is 0 Å². The van der Waals surface area contributed by atoms with Crippen LogP contribution in [0, 0.1) is 5.82 Å². The molecule has 0 heterocycles. The standard InChI is InChI=1S/C14H21FN2/c1-5-17(9-10(2)3)14-12(11(4)16)7-6-8-13(14)15/h6-8,11H,2,5,9,16H2,1,3-4H3. The van der Waals surface area contributed by atoms with E-state index in [0.29, 0.717) is 12.2 Å². The lowest BCUT2D eigenvalue weighted by Gasteiger charge is -2.27. The summed E-state index contributed by atoms with van der Waals surface area (Å²) in [6.45, 7) is 11.1. The molecular formula is C14H21FN2. The van der Waals surface area contributed by atoms with Gasteiger partial charge in [-0.05, 0) is 32.4 Å².